The Morgan fingerprint density at radius 3 is 2.58 bits per heavy atom. The molecule has 4 unspecified atom stereocenters. The number of fused-ring (bicyclic) bond motifs is 1. The predicted octanol–water partition coefficient (Wildman–Crippen LogP) is 5.36. The minimum absolute atomic E-state index is 0.0119. The summed E-state index contributed by atoms with van der Waals surface area (Å²) in [5.41, 5.74) is 0.462. The Morgan fingerprint density at radius 2 is 1.94 bits per heavy atom. The zero-order valence-corrected chi connectivity index (χ0v) is 18.5. The van der Waals surface area contributed by atoms with Gasteiger partial charge in [0.25, 0.3) is 0 Å². The van der Waals surface area contributed by atoms with Gasteiger partial charge < -0.3 is 9.84 Å². The second-order valence-corrected chi connectivity index (χ2v) is 9.01. The van der Waals surface area contributed by atoms with Gasteiger partial charge in [-0.15, -0.1) is 0 Å². The van der Waals surface area contributed by atoms with Gasteiger partial charge in [0.05, 0.1) is 11.0 Å². The van der Waals surface area contributed by atoms with Crippen molar-refractivity contribution in [3.63, 3.8) is 0 Å². The van der Waals surface area contributed by atoms with Crippen LogP contribution in [0.5, 0.6) is 5.75 Å². The Bertz CT molecular complexity index is 973. The fourth-order valence-electron chi connectivity index (χ4n) is 5.62. The summed E-state index contributed by atoms with van der Waals surface area (Å²) in [5, 5.41) is 9.71. The highest BCUT2D eigenvalue weighted by Crippen LogP contribution is 2.52. The number of hydrogen-bond donors (Lipinski definition) is 1. The number of ketones is 1. The van der Waals surface area contributed by atoms with Gasteiger partial charge in [-0.2, -0.15) is 0 Å². The SMILES string of the molecule is CCC(N1CCCCC1C)C1(C)C(=O)c2cccc(C(=O)O)c2OC1c1ccccc1. The molecule has 1 N–H and O–H groups in total. The molecule has 5 nitrogen and oxygen atoms in total. The molecule has 0 aromatic heterocycles. The highest BCUT2D eigenvalue weighted by Gasteiger charge is 2.55. The summed E-state index contributed by atoms with van der Waals surface area (Å²) in [5.74, 6) is -0.931. The van der Waals surface area contributed by atoms with Crippen LogP contribution in [-0.4, -0.2) is 40.4 Å². The van der Waals surface area contributed by atoms with Crippen LogP contribution in [0.3, 0.4) is 0 Å². The third kappa shape index (κ3) is 3.55. The number of hydrogen-bond acceptors (Lipinski definition) is 4. The first-order chi connectivity index (χ1) is 14.9. The molecule has 0 bridgehead atoms. The maximum Gasteiger partial charge on any atom is 0.339 e. The normalized spacial score (nSPS) is 27.3. The number of carboxylic acids is 1. The number of Topliss-reactive ketones (excluding diaryl/α,β-unsaturated/α-hetero) is 1. The first kappa shape index (κ1) is 21.6. The van der Waals surface area contributed by atoms with E-state index >= 15 is 0 Å². The van der Waals surface area contributed by atoms with Gasteiger partial charge in [0, 0.05) is 12.1 Å². The fraction of sp³-hybridized carbons (Fsp3) is 0.462. The summed E-state index contributed by atoms with van der Waals surface area (Å²) >= 11 is 0. The molecule has 1 fully saturated rings. The molecule has 4 rings (SSSR count). The van der Waals surface area contributed by atoms with Gasteiger partial charge in [0.2, 0.25) is 0 Å². The standard InChI is InChI=1S/C26H31NO4/c1-4-21(27-16-9-8-11-17(27)2)26(3)23(28)19-14-10-15-20(25(29)30)22(19)31-24(26)18-12-6-5-7-13-18/h5-7,10,12-15,17,21,24H,4,8-9,11,16H2,1-3H3,(H,29,30). The molecule has 1 saturated heterocycles. The average Bonchev–Trinajstić information content (AvgIpc) is 2.78. The zero-order chi connectivity index (χ0) is 22.2. The van der Waals surface area contributed by atoms with Crippen molar-refractivity contribution in [1.82, 2.24) is 4.90 Å². The van der Waals surface area contributed by atoms with Gasteiger partial charge in [-0.05, 0) is 57.4 Å². The number of carbonyl (C=O) groups excluding carboxylic acids is 1. The number of nitrogens with zero attached hydrogens (tertiary/aromatic N) is 1. The van der Waals surface area contributed by atoms with Crippen LogP contribution < -0.4 is 4.74 Å². The Hall–Kier alpha value is -2.66. The predicted molar refractivity (Wildman–Crippen MR) is 120 cm³/mol. The lowest BCUT2D eigenvalue weighted by molar-refractivity contribution is -0.0375. The van der Waals surface area contributed by atoms with Crippen LogP contribution in [0.4, 0.5) is 0 Å². The molecule has 5 heteroatoms. The molecule has 0 radical (unpaired) electrons. The monoisotopic (exact) mass is 421 g/mol. The number of ether oxygens (including phenoxy) is 1. The highest BCUT2D eigenvalue weighted by atomic mass is 16.5. The van der Waals surface area contributed by atoms with Crippen molar-refractivity contribution in [2.75, 3.05) is 6.54 Å². The number of para-hydroxylation sites is 1. The van der Waals surface area contributed by atoms with Crippen molar-refractivity contribution >= 4 is 11.8 Å². The van der Waals surface area contributed by atoms with Gasteiger partial charge in [-0.25, -0.2) is 4.79 Å². The van der Waals surface area contributed by atoms with E-state index in [0.29, 0.717) is 11.6 Å². The van der Waals surface area contributed by atoms with E-state index in [2.05, 4.69) is 18.7 Å². The molecule has 0 saturated carbocycles. The van der Waals surface area contributed by atoms with E-state index in [1.165, 1.54) is 12.5 Å². The first-order valence-electron chi connectivity index (χ1n) is 11.3. The van der Waals surface area contributed by atoms with E-state index < -0.39 is 17.5 Å². The van der Waals surface area contributed by atoms with E-state index in [4.69, 9.17) is 4.74 Å². The summed E-state index contributed by atoms with van der Waals surface area (Å²) in [6, 6.07) is 15.0. The average molecular weight is 422 g/mol. The van der Waals surface area contributed by atoms with E-state index in [9.17, 15) is 14.7 Å². The zero-order valence-electron chi connectivity index (χ0n) is 18.5. The van der Waals surface area contributed by atoms with E-state index in [1.807, 2.05) is 37.3 Å². The quantitative estimate of drug-likeness (QED) is 0.704. The number of piperidine rings is 1. The van der Waals surface area contributed by atoms with Crippen molar-refractivity contribution in [3.05, 3.63) is 65.2 Å². The minimum Gasteiger partial charge on any atom is -0.483 e. The lowest BCUT2D eigenvalue weighted by Gasteiger charge is -2.51. The summed E-state index contributed by atoms with van der Waals surface area (Å²) in [6.45, 7) is 7.36. The highest BCUT2D eigenvalue weighted by molar-refractivity contribution is 6.07. The number of carbonyl (C=O) groups is 2. The largest absolute Gasteiger partial charge is 0.483 e. The van der Waals surface area contributed by atoms with E-state index in [0.717, 1.165) is 31.4 Å². The van der Waals surface area contributed by atoms with E-state index in [-0.39, 0.29) is 23.1 Å². The third-order valence-corrected chi connectivity index (χ3v) is 7.20. The van der Waals surface area contributed by atoms with Gasteiger partial charge >= 0.3 is 5.97 Å². The Kier molecular flexibility index (Phi) is 5.89. The molecule has 2 aliphatic rings. The number of benzene rings is 2. The lowest BCUT2D eigenvalue weighted by Crippen LogP contribution is -2.59. The molecule has 0 spiro atoms. The molecule has 4 atom stereocenters. The second kappa shape index (κ2) is 8.46. The van der Waals surface area contributed by atoms with Crippen molar-refractivity contribution in [1.29, 1.82) is 0 Å². The summed E-state index contributed by atoms with van der Waals surface area (Å²) in [7, 11) is 0. The van der Waals surface area contributed by atoms with Crippen LogP contribution >= 0.6 is 0 Å². The maximum absolute atomic E-state index is 14.1. The van der Waals surface area contributed by atoms with Crippen LogP contribution in [-0.2, 0) is 0 Å². The fourth-order valence-corrected chi connectivity index (χ4v) is 5.62. The van der Waals surface area contributed by atoms with Gasteiger partial charge in [-0.3, -0.25) is 9.69 Å². The molecular weight excluding hydrogens is 390 g/mol. The Balaban J connectivity index is 1.90. The molecule has 164 valence electrons. The molecule has 2 aliphatic heterocycles. The first-order valence-corrected chi connectivity index (χ1v) is 11.3. The maximum atomic E-state index is 14.1. The van der Waals surface area contributed by atoms with Gasteiger partial charge in [0.15, 0.2) is 5.78 Å². The van der Waals surface area contributed by atoms with Crippen molar-refractivity contribution in [2.24, 2.45) is 5.41 Å². The molecule has 2 aromatic rings. The number of aromatic carboxylic acids is 1. The molecular formula is C26H31NO4. The molecule has 0 aliphatic carbocycles. The lowest BCUT2D eigenvalue weighted by atomic mass is 9.66. The Morgan fingerprint density at radius 1 is 1.19 bits per heavy atom. The molecule has 2 heterocycles. The van der Waals surface area contributed by atoms with Gasteiger partial charge in [0.1, 0.15) is 17.4 Å². The van der Waals surface area contributed by atoms with Crippen LogP contribution in [0.25, 0.3) is 0 Å². The summed E-state index contributed by atoms with van der Waals surface area (Å²) < 4.78 is 6.48. The van der Waals surface area contributed by atoms with Crippen LogP contribution in [0.2, 0.25) is 0 Å². The summed E-state index contributed by atoms with van der Waals surface area (Å²) in [4.78, 5) is 28.5. The van der Waals surface area contributed by atoms with E-state index in [1.54, 1.807) is 12.1 Å². The van der Waals surface area contributed by atoms with Crippen molar-refractivity contribution in [3.8, 4) is 5.75 Å². The van der Waals surface area contributed by atoms with Crippen LogP contribution in [0, 0.1) is 5.41 Å². The van der Waals surface area contributed by atoms with Gasteiger partial charge in [-0.1, -0.05) is 49.7 Å². The molecule has 2 aromatic carbocycles. The number of carboxylic acid groups (broad SMARTS) is 1. The Labute approximate surface area is 184 Å². The number of likely N-dealkylation sites (tertiary alicyclic amines) is 1. The van der Waals surface area contributed by atoms with Crippen molar-refractivity contribution < 1.29 is 19.4 Å². The summed E-state index contributed by atoms with van der Waals surface area (Å²) in [6.07, 6.45) is 3.71. The molecule has 31 heavy (non-hydrogen) atoms. The smallest absolute Gasteiger partial charge is 0.339 e. The minimum atomic E-state index is -1.09. The third-order valence-electron chi connectivity index (χ3n) is 7.20. The molecule has 0 amide bonds. The van der Waals surface area contributed by atoms with Crippen LogP contribution in [0.15, 0.2) is 48.5 Å². The second-order valence-electron chi connectivity index (χ2n) is 9.01. The topological polar surface area (TPSA) is 66.8 Å². The van der Waals surface area contributed by atoms with Crippen molar-refractivity contribution in [2.45, 2.75) is 64.6 Å². The van der Waals surface area contributed by atoms with Crippen LogP contribution in [0.1, 0.15) is 78.8 Å². The number of rotatable bonds is 5.